The standard InChI is InChI=1S/2C15H21NO2.CH4/c1-5-10-18-14-11-12(4)8-9-13(14)15(17)16(6-2)7-3;1-5-8-12-11(4)9-10-13(14(12)17)15(18)16(6-2)7-3;/h5,8-9,11H,1,6-7,10H2,2-4H3;5,9-10,17H,1,6-8H2,2-4H3;1H4. The van der Waals surface area contributed by atoms with Gasteiger partial charge in [0.15, 0.2) is 0 Å². The number of rotatable bonds is 11. The minimum Gasteiger partial charge on any atom is -0.507 e. The number of benzene rings is 2. The molecule has 37 heavy (non-hydrogen) atoms. The van der Waals surface area contributed by atoms with Gasteiger partial charge in [-0.2, -0.15) is 0 Å². The van der Waals surface area contributed by atoms with Crippen molar-refractivity contribution >= 4 is 11.8 Å². The van der Waals surface area contributed by atoms with Gasteiger partial charge in [-0.25, -0.2) is 0 Å². The van der Waals surface area contributed by atoms with Crippen molar-refractivity contribution in [2.75, 3.05) is 32.8 Å². The number of allylic oxidation sites excluding steroid dienone is 1. The molecule has 0 heterocycles. The molecule has 0 saturated carbocycles. The molecule has 0 bridgehead atoms. The molecule has 2 aromatic carbocycles. The lowest BCUT2D eigenvalue weighted by Gasteiger charge is -2.20. The van der Waals surface area contributed by atoms with E-state index in [1.165, 1.54) is 0 Å². The van der Waals surface area contributed by atoms with E-state index in [9.17, 15) is 14.7 Å². The Morgan fingerprint density at radius 1 is 0.865 bits per heavy atom. The lowest BCUT2D eigenvalue weighted by Crippen LogP contribution is -2.30. The number of hydrogen-bond donors (Lipinski definition) is 1. The van der Waals surface area contributed by atoms with E-state index in [2.05, 4.69) is 13.2 Å². The first kappa shape index (κ1) is 33.5. The van der Waals surface area contributed by atoms with Crippen molar-refractivity contribution in [2.24, 2.45) is 0 Å². The number of carbonyl (C=O) groups is 2. The molecule has 6 heteroatoms. The van der Waals surface area contributed by atoms with Gasteiger partial charge in [0.1, 0.15) is 18.1 Å². The third-order valence-electron chi connectivity index (χ3n) is 5.92. The number of aromatic hydroxyl groups is 1. The molecule has 2 amide bonds. The molecule has 6 nitrogen and oxygen atoms in total. The monoisotopic (exact) mass is 510 g/mol. The molecule has 0 atom stereocenters. The Hall–Kier alpha value is -3.54. The van der Waals surface area contributed by atoms with Gasteiger partial charge in [0, 0.05) is 31.7 Å². The Bertz CT molecular complexity index is 1040. The zero-order chi connectivity index (χ0) is 27.3. The lowest BCUT2D eigenvalue weighted by atomic mass is 9.99. The van der Waals surface area contributed by atoms with E-state index in [1.54, 1.807) is 28.0 Å². The van der Waals surface area contributed by atoms with Gasteiger partial charge in [-0.15, -0.1) is 6.58 Å². The van der Waals surface area contributed by atoms with Gasteiger partial charge in [0.2, 0.25) is 0 Å². The topological polar surface area (TPSA) is 70.1 Å². The first-order valence-electron chi connectivity index (χ1n) is 12.6. The second-order valence-electron chi connectivity index (χ2n) is 8.30. The summed E-state index contributed by atoms with van der Waals surface area (Å²) in [7, 11) is 0. The van der Waals surface area contributed by atoms with E-state index in [0.29, 0.717) is 56.1 Å². The molecule has 204 valence electrons. The van der Waals surface area contributed by atoms with Gasteiger partial charge in [-0.1, -0.05) is 38.3 Å². The quantitative estimate of drug-likeness (QED) is 0.346. The van der Waals surface area contributed by atoms with Crippen molar-refractivity contribution in [3.63, 3.8) is 0 Å². The van der Waals surface area contributed by atoms with Gasteiger partial charge in [0.05, 0.1) is 11.1 Å². The molecule has 0 aromatic heterocycles. The average molecular weight is 511 g/mol. The summed E-state index contributed by atoms with van der Waals surface area (Å²) in [4.78, 5) is 28.0. The highest BCUT2D eigenvalue weighted by molar-refractivity contribution is 5.97. The summed E-state index contributed by atoms with van der Waals surface area (Å²) in [5.74, 6) is 0.612. The molecule has 0 saturated heterocycles. The van der Waals surface area contributed by atoms with Crippen LogP contribution in [-0.4, -0.2) is 59.5 Å². The summed E-state index contributed by atoms with van der Waals surface area (Å²) < 4.78 is 5.56. The van der Waals surface area contributed by atoms with Crippen LogP contribution in [-0.2, 0) is 6.42 Å². The fourth-order valence-electron chi connectivity index (χ4n) is 3.75. The average Bonchev–Trinajstić information content (AvgIpc) is 2.87. The third-order valence-corrected chi connectivity index (χ3v) is 5.92. The van der Waals surface area contributed by atoms with E-state index < -0.39 is 0 Å². The van der Waals surface area contributed by atoms with Crippen molar-refractivity contribution < 1.29 is 19.4 Å². The van der Waals surface area contributed by atoms with Crippen LogP contribution in [0.3, 0.4) is 0 Å². The maximum absolute atomic E-state index is 12.3. The molecule has 0 unspecified atom stereocenters. The van der Waals surface area contributed by atoms with Gasteiger partial charge >= 0.3 is 0 Å². The Morgan fingerprint density at radius 2 is 1.38 bits per heavy atom. The summed E-state index contributed by atoms with van der Waals surface area (Å²) in [5.41, 5.74) is 3.82. The molecule has 0 fully saturated rings. The summed E-state index contributed by atoms with van der Waals surface area (Å²) in [6.07, 6.45) is 3.97. The smallest absolute Gasteiger partial charge is 0.257 e. The van der Waals surface area contributed by atoms with E-state index in [0.717, 1.165) is 16.7 Å². The van der Waals surface area contributed by atoms with Gasteiger partial charge in [0.25, 0.3) is 11.8 Å². The van der Waals surface area contributed by atoms with Crippen LogP contribution >= 0.6 is 0 Å². The third kappa shape index (κ3) is 9.12. The highest BCUT2D eigenvalue weighted by Gasteiger charge is 2.19. The van der Waals surface area contributed by atoms with Crippen LogP contribution in [0.5, 0.6) is 11.5 Å². The minimum absolute atomic E-state index is 0. The molecular formula is C31H46N2O4. The van der Waals surface area contributed by atoms with Crippen LogP contribution in [0.15, 0.2) is 55.6 Å². The van der Waals surface area contributed by atoms with Crippen molar-refractivity contribution in [2.45, 2.75) is 55.4 Å². The molecule has 1 N–H and O–H groups in total. The largest absolute Gasteiger partial charge is 0.507 e. The summed E-state index contributed by atoms with van der Waals surface area (Å²) in [6.45, 7) is 22.1. The summed E-state index contributed by atoms with van der Waals surface area (Å²) in [5, 5.41) is 10.2. The van der Waals surface area contributed by atoms with E-state index in [1.807, 2.05) is 65.8 Å². The normalized spacial score (nSPS) is 9.78. The van der Waals surface area contributed by atoms with E-state index >= 15 is 0 Å². The first-order valence-corrected chi connectivity index (χ1v) is 12.6. The van der Waals surface area contributed by atoms with Crippen LogP contribution in [0, 0.1) is 13.8 Å². The van der Waals surface area contributed by atoms with E-state index in [-0.39, 0.29) is 25.0 Å². The lowest BCUT2D eigenvalue weighted by molar-refractivity contribution is 0.0761. The van der Waals surface area contributed by atoms with Crippen LogP contribution < -0.4 is 4.74 Å². The number of amides is 2. The zero-order valence-corrected chi connectivity index (χ0v) is 22.8. The Balaban J connectivity index is 0.000000682. The second kappa shape index (κ2) is 17.0. The van der Waals surface area contributed by atoms with Crippen LogP contribution in [0.1, 0.15) is 72.5 Å². The number of nitrogens with zero attached hydrogens (tertiary/aromatic N) is 2. The Kier molecular flexibility index (Phi) is 15.4. The number of ether oxygens (including phenoxy) is 1. The highest BCUT2D eigenvalue weighted by atomic mass is 16.5. The SMILES string of the molecule is C.C=CCOc1cc(C)ccc1C(=O)N(CC)CC.C=CCc1c(C)ccc(C(=O)N(CC)CC)c1O. The Morgan fingerprint density at radius 3 is 1.86 bits per heavy atom. The predicted molar refractivity (Wildman–Crippen MR) is 155 cm³/mol. The number of phenols is 1. The maximum Gasteiger partial charge on any atom is 0.257 e. The molecule has 0 aliphatic heterocycles. The minimum atomic E-state index is -0.122. The van der Waals surface area contributed by atoms with Crippen LogP contribution in [0.2, 0.25) is 0 Å². The zero-order valence-electron chi connectivity index (χ0n) is 22.8. The van der Waals surface area contributed by atoms with Crippen LogP contribution in [0.4, 0.5) is 0 Å². The molecule has 0 spiro atoms. The Labute approximate surface area is 224 Å². The van der Waals surface area contributed by atoms with Crippen molar-refractivity contribution in [1.29, 1.82) is 0 Å². The van der Waals surface area contributed by atoms with Gasteiger partial charge < -0.3 is 19.6 Å². The summed E-state index contributed by atoms with van der Waals surface area (Å²) in [6, 6.07) is 9.21. The first-order chi connectivity index (χ1) is 17.2. The van der Waals surface area contributed by atoms with Gasteiger partial charge in [-0.05, 0) is 77.3 Å². The second-order valence-corrected chi connectivity index (χ2v) is 8.30. The fraction of sp³-hybridized carbons (Fsp3) is 0.419. The van der Waals surface area contributed by atoms with Crippen molar-refractivity contribution in [3.8, 4) is 11.5 Å². The summed E-state index contributed by atoms with van der Waals surface area (Å²) >= 11 is 0. The molecule has 0 radical (unpaired) electrons. The number of carbonyl (C=O) groups excluding carboxylic acids is 2. The van der Waals surface area contributed by atoms with Crippen molar-refractivity contribution in [3.05, 3.63) is 83.5 Å². The molecular weight excluding hydrogens is 464 g/mol. The van der Waals surface area contributed by atoms with Gasteiger partial charge in [-0.3, -0.25) is 9.59 Å². The molecule has 2 rings (SSSR count). The molecule has 2 aromatic rings. The maximum atomic E-state index is 12.3. The predicted octanol–water partition coefficient (Wildman–Crippen LogP) is 6.59. The fourth-order valence-corrected chi connectivity index (χ4v) is 3.75. The van der Waals surface area contributed by atoms with E-state index in [4.69, 9.17) is 4.74 Å². The van der Waals surface area contributed by atoms with Crippen molar-refractivity contribution in [1.82, 2.24) is 9.80 Å². The highest BCUT2D eigenvalue weighted by Crippen LogP contribution is 2.28. The molecule has 0 aliphatic carbocycles. The number of aryl methyl sites for hydroxylation is 2. The van der Waals surface area contributed by atoms with Crippen LogP contribution in [0.25, 0.3) is 0 Å². The number of phenolic OH excluding ortho intramolecular Hbond substituents is 1. The number of hydrogen-bond acceptors (Lipinski definition) is 4. The molecule has 0 aliphatic rings.